The van der Waals surface area contributed by atoms with Crippen molar-refractivity contribution in [3.05, 3.63) is 29.8 Å². The highest BCUT2D eigenvalue weighted by molar-refractivity contribution is 5.97. The van der Waals surface area contributed by atoms with Crippen LogP contribution in [0.15, 0.2) is 24.3 Å². The van der Waals surface area contributed by atoms with Crippen LogP contribution in [0.25, 0.3) is 0 Å². The van der Waals surface area contributed by atoms with Gasteiger partial charge in [-0.1, -0.05) is 6.07 Å². The molecule has 6 heteroatoms. The number of hydrogen-bond donors (Lipinski definition) is 2. The maximum atomic E-state index is 12.1. The Morgan fingerprint density at radius 3 is 2.70 bits per heavy atom. The van der Waals surface area contributed by atoms with Gasteiger partial charge in [-0.15, -0.1) is 0 Å². The number of amides is 2. The summed E-state index contributed by atoms with van der Waals surface area (Å²) in [5.74, 6) is -0.485. The molecule has 1 saturated heterocycles. The Hall–Kier alpha value is -2.08. The molecule has 1 aliphatic rings. The van der Waals surface area contributed by atoms with Crippen LogP contribution >= 0.6 is 0 Å². The van der Waals surface area contributed by atoms with Crippen molar-refractivity contribution < 1.29 is 19.4 Å². The van der Waals surface area contributed by atoms with Gasteiger partial charge in [0.2, 0.25) is 5.91 Å². The van der Waals surface area contributed by atoms with Crippen molar-refractivity contribution in [2.75, 3.05) is 26.3 Å². The lowest BCUT2D eigenvalue weighted by atomic mass is 10.2. The molecule has 1 aliphatic heterocycles. The largest absolute Gasteiger partial charge is 0.508 e. The van der Waals surface area contributed by atoms with E-state index < -0.39 is 6.04 Å². The van der Waals surface area contributed by atoms with E-state index in [0.717, 1.165) is 0 Å². The summed E-state index contributed by atoms with van der Waals surface area (Å²) in [5.41, 5.74) is 0.326. The van der Waals surface area contributed by atoms with Crippen molar-refractivity contribution >= 4 is 11.8 Å². The molecule has 0 aliphatic carbocycles. The lowest BCUT2D eigenvalue weighted by Gasteiger charge is -2.29. The average molecular weight is 278 g/mol. The molecule has 108 valence electrons. The summed E-state index contributed by atoms with van der Waals surface area (Å²) in [6.45, 7) is 3.80. The number of nitrogens with one attached hydrogen (secondary N) is 1. The third-order valence-corrected chi connectivity index (χ3v) is 3.15. The molecule has 1 heterocycles. The summed E-state index contributed by atoms with van der Waals surface area (Å²) in [5, 5.41) is 12.0. The van der Waals surface area contributed by atoms with Gasteiger partial charge >= 0.3 is 0 Å². The Labute approximate surface area is 117 Å². The molecular weight excluding hydrogens is 260 g/mol. The summed E-state index contributed by atoms with van der Waals surface area (Å²) in [6, 6.07) is 5.41. The molecule has 1 unspecified atom stereocenters. The topological polar surface area (TPSA) is 78.9 Å². The molecule has 6 nitrogen and oxygen atoms in total. The van der Waals surface area contributed by atoms with Crippen LogP contribution in [0.5, 0.6) is 5.75 Å². The number of aromatic hydroxyl groups is 1. The predicted octanol–water partition coefficient (Wildman–Crippen LogP) is 0.369. The van der Waals surface area contributed by atoms with E-state index in [1.165, 1.54) is 12.1 Å². The van der Waals surface area contributed by atoms with E-state index in [4.69, 9.17) is 4.74 Å². The zero-order chi connectivity index (χ0) is 14.5. The van der Waals surface area contributed by atoms with Crippen LogP contribution in [0, 0.1) is 0 Å². The molecule has 0 aromatic heterocycles. The SMILES string of the molecule is CC(NC(=O)c1cccc(O)c1)C(=O)N1CCOCC1. The highest BCUT2D eigenvalue weighted by Gasteiger charge is 2.23. The summed E-state index contributed by atoms with van der Waals surface area (Å²) in [4.78, 5) is 25.8. The molecule has 0 radical (unpaired) electrons. The van der Waals surface area contributed by atoms with Crippen LogP contribution in [0.2, 0.25) is 0 Å². The zero-order valence-electron chi connectivity index (χ0n) is 11.3. The fourth-order valence-corrected chi connectivity index (χ4v) is 2.05. The minimum absolute atomic E-state index is 0.0183. The summed E-state index contributed by atoms with van der Waals surface area (Å²) in [7, 11) is 0. The van der Waals surface area contributed by atoms with Crippen LogP contribution in [-0.4, -0.2) is 54.2 Å². The number of nitrogens with zero attached hydrogens (tertiary/aromatic N) is 1. The van der Waals surface area contributed by atoms with E-state index >= 15 is 0 Å². The van der Waals surface area contributed by atoms with Crippen LogP contribution in [-0.2, 0) is 9.53 Å². The summed E-state index contributed by atoms with van der Waals surface area (Å²) < 4.78 is 5.18. The zero-order valence-corrected chi connectivity index (χ0v) is 11.3. The lowest BCUT2D eigenvalue weighted by Crippen LogP contribution is -2.50. The number of phenols is 1. The van der Waals surface area contributed by atoms with Crippen molar-refractivity contribution in [3.63, 3.8) is 0 Å². The van der Waals surface area contributed by atoms with Gasteiger partial charge in [0.1, 0.15) is 11.8 Å². The standard InChI is InChI=1S/C14H18N2O4/c1-10(14(19)16-5-7-20-8-6-16)15-13(18)11-3-2-4-12(17)9-11/h2-4,9-10,17H,5-8H2,1H3,(H,15,18). The van der Waals surface area contributed by atoms with E-state index in [2.05, 4.69) is 5.32 Å². The monoisotopic (exact) mass is 278 g/mol. The van der Waals surface area contributed by atoms with Gasteiger partial charge in [-0.2, -0.15) is 0 Å². The number of rotatable bonds is 3. The second kappa shape index (κ2) is 6.38. The summed E-state index contributed by atoms with van der Waals surface area (Å²) >= 11 is 0. The lowest BCUT2D eigenvalue weighted by molar-refractivity contribution is -0.136. The first-order valence-electron chi connectivity index (χ1n) is 6.54. The van der Waals surface area contributed by atoms with Crippen molar-refractivity contribution in [1.29, 1.82) is 0 Å². The predicted molar refractivity (Wildman–Crippen MR) is 72.4 cm³/mol. The smallest absolute Gasteiger partial charge is 0.252 e. The maximum absolute atomic E-state index is 12.1. The molecular formula is C14H18N2O4. The number of carbonyl (C=O) groups excluding carboxylic acids is 2. The Bertz CT molecular complexity index is 498. The first-order valence-corrected chi connectivity index (χ1v) is 6.54. The van der Waals surface area contributed by atoms with Gasteiger partial charge in [-0.05, 0) is 25.1 Å². The molecule has 1 aromatic rings. The molecule has 1 atom stereocenters. The minimum atomic E-state index is -0.608. The van der Waals surface area contributed by atoms with Gasteiger partial charge in [-0.25, -0.2) is 0 Å². The quantitative estimate of drug-likeness (QED) is 0.837. The van der Waals surface area contributed by atoms with Crippen molar-refractivity contribution in [1.82, 2.24) is 10.2 Å². The summed E-state index contributed by atoms with van der Waals surface area (Å²) in [6.07, 6.45) is 0. The average Bonchev–Trinajstić information content (AvgIpc) is 2.47. The van der Waals surface area contributed by atoms with E-state index in [0.29, 0.717) is 31.9 Å². The van der Waals surface area contributed by atoms with Gasteiger partial charge in [0.15, 0.2) is 0 Å². The molecule has 20 heavy (non-hydrogen) atoms. The molecule has 0 bridgehead atoms. The third-order valence-electron chi connectivity index (χ3n) is 3.15. The van der Waals surface area contributed by atoms with Crippen molar-refractivity contribution in [3.8, 4) is 5.75 Å². The second-order valence-electron chi connectivity index (χ2n) is 4.68. The number of hydrogen-bond acceptors (Lipinski definition) is 4. The number of benzene rings is 1. The molecule has 1 fully saturated rings. The fourth-order valence-electron chi connectivity index (χ4n) is 2.05. The Balaban J connectivity index is 1.94. The highest BCUT2D eigenvalue weighted by Crippen LogP contribution is 2.11. The second-order valence-corrected chi connectivity index (χ2v) is 4.68. The number of carbonyl (C=O) groups is 2. The normalized spacial score (nSPS) is 16.6. The van der Waals surface area contributed by atoms with Gasteiger partial charge in [0.05, 0.1) is 13.2 Å². The van der Waals surface area contributed by atoms with Gasteiger partial charge in [-0.3, -0.25) is 9.59 Å². The first kappa shape index (κ1) is 14.3. The molecule has 0 spiro atoms. The first-order chi connectivity index (χ1) is 9.58. The van der Waals surface area contributed by atoms with Crippen LogP contribution in [0.3, 0.4) is 0 Å². The highest BCUT2D eigenvalue weighted by atomic mass is 16.5. The van der Waals surface area contributed by atoms with Gasteiger partial charge in [0.25, 0.3) is 5.91 Å². The fraction of sp³-hybridized carbons (Fsp3) is 0.429. The molecule has 2 N–H and O–H groups in total. The van der Waals surface area contributed by atoms with E-state index in [1.54, 1.807) is 24.0 Å². The maximum Gasteiger partial charge on any atom is 0.252 e. The molecule has 2 amide bonds. The van der Waals surface area contributed by atoms with Crippen molar-refractivity contribution in [2.45, 2.75) is 13.0 Å². The number of ether oxygens (including phenoxy) is 1. The Morgan fingerprint density at radius 2 is 2.05 bits per heavy atom. The molecule has 0 saturated carbocycles. The van der Waals surface area contributed by atoms with Gasteiger partial charge < -0.3 is 20.1 Å². The van der Waals surface area contributed by atoms with E-state index in [9.17, 15) is 14.7 Å². The van der Waals surface area contributed by atoms with E-state index in [-0.39, 0.29) is 17.6 Å². The van der Waals surface area contributed by atoms with Crippen molar-refractivity contribution in [2.24, 2.45) is 0 Å². The minimum Gasteiger partial charge on any atom is -0.508 e. The number of phenolic OH excluding ortho intramolecular Hbond substituents is 1. The Morgan fingerprint density at radius 1 is 1.35 bits per heavy atom. The molecule has 1 aromatic carbocycles. The van der Waals surface area contributed by atoms with Crippen LogP contribution in [0.1, 0.15) is 17.3 Å². The van der Waals surface area contributed by atoms with Gasteiger partial charge in [0, 0.05) is 18.7 Å². The number of morpholine rings is 1. The molecule has 2 rings (SSSR count). The van der Waals surface area contributed by atoms with Crippen LogP contribution in [0.4, 0.5) is 0 Å². The van der Waals surface area contributed by atoms with E-state index in [1.807, 2.05) is 0 Å². The van der Waals surface area contributed by atoms with Crippen LogP contribution < -0.4 is 5.32 Å². The third kappa shape index (κ3) is 3.48. The Kier molecular flexibility index (Phi) is 4.57.